The molecule has 1 aromatic heterocycles. The summed E-state index contributed by atoms with van der Waals surface area (Å²) < 4.78 is 1.69. The van der Waals surface area contributed by atoms with Gasteiger partial charge in [0.1, 0.15) is 6.33 Å². The van der Waals surface area contributed by atoms with Gasteiger partial charge in [-0.25, -0.2) is 0 Å². The van der Waals surface area contributed by atoms with Gasteiger partial charge in [0.15, 0.2) is 5.82 Å². The summed E-state index contributed by atoms with van der Waals surface area (Å²) in [5.41, 5.74) is 0. The molecule has 0 aliphatic heterocycles. The number of hydrogen-bond acceptors (Lipinski definition) is 2. The van der Waals surface area contributed by atoms with E-state index in [0.717, 1.165) is 0 Å². The van der Waals surface area contributed by atoms with Crippen molar-refractivity contribution in [2.75, 3.05) is 0 Å². The first kappa shape index (κ1) is 9.62. The first-order valence-corrected chi connectivity index (χ1v) is 3.53. The Balaban J connectivity index is 0.000000461. The maximum absolute atomic E-state index is 3.73. The number of rotatable bonds is 2. The standard InChI is InChI=1S/C6H7N3.C2H6/c1-3-6-8-7-5-9(6)4-2;1-2/h3-5H,1-2H2;1-2H3. The Bertz CT molecular complexity index is 202. The predicted octanol–water partition coefficient (Wildman–Crippen LogP) is 2.05. The van der Waals surface area contributed by atoms with Crippen molar-refractivity contribution in [2.45, 2.75) is 13.8 Å². The van der Waals surface area contributed by atoms with Crippen LogP contribution in [0.2, 0.25) is 0 Å². The van der Waals surface area contributed by atoms with E-state index < -0.39 is 0 Å². The molecule has 3 heteroatoms. The normalized spacial score (nSPS) is 7.82. The molecule has 11 heavy (non-hydrogen) atoms. The molecule has 0 N–H and O–H groups in total. The highest BCUT2D eigenvalue weighted by molar-refractivity contribution is 5.40. The summed E-state index contributed by atoms with van der Waals surface area (Å²) in [5, 5.41) is 7.36. The average Bonchev–Trinajstić information content (AvgIpc) is 2.54. The van der Waals surface area contributed by atoms with Gasteiger partial charge in [0.2, 0.25) is 0 Å². The van der Waals surface area contributed by atoms with E-state index in [4.69, 9.17) is 0 Å². The summed E-state index contributed by atoms with van der Waals surface area (Å²) >= 11 is 0. The van der Waals surface area contributed by atoms with Gasteiger partial charge >= 0.3 is 0 Å². The summed E-state index contributed by atoms with van der Waals surface area (Å²) in [6.45, 7) is 11.1. The zero-order chi connectivity index (χ0) is 8.69. The molecule has 0 bridgehead atoms. The van der Waals surface area contributed by atoms with Gasteiger partial charge in [0.05, 0.1) is 0 Å². The van der Waals surface area contributed by atoms with Crippen molar-refractivity contribution in [2.24, 2.45) is 0 Å². The molecule has 60 valence electrons. The summed E-state index contributed by atoms with van der Waals surface area (Å²) in [7, 11) is 0. The Morgan fingerprint density at radius 3 is 2.45 bits per heavy atom. The van der Waals surface area contributed by atoms with Crippen molar-refractivity contribution in [1.82, 2.24) is 14.8 Å². The summed E-state index contributed by atoms with van der Waals surface area (Å²) in [6.07, 6.45) is 4.82. The van der Waals surface area contributed by atoms with Crippen LogP contribution in [0.3, 0.4) is 0 Å². The van der Waals surface area contributed by atoms with E-state index in [0.29, 0.717) is 5.82 Å². The second-order valence-corrected chi connectivity index (χ2v) is 1.48. The van der Waals surface area contributed by atoms with Gasteiger partial charge in [0, 0.05) is 6.20 Å². The Morgan fingerprint density at radius 2 is 2.09 bits per heavy atom. The molecular formula is C8H13N3. The Morgan fingerprint density at radius 1 is 1.45 bits per heavy atom. The minimum atomic E-state index is 0.713. The van der Waals surface area contributed by atoms with Crippen LogP contribution in [0.15, 0.2) is 19.5 Å². The third-order valence-corrected chi connectivity index (χ3v) is 0.980. The van der Waals surface area contributed by atoms with Gasteiger partial charge in [0.25, 0.3) is 0 Å². The molecule has 0 radical (unpaired) electrons. The van der Waals surface area contributed by atoms with Gasteiger partial charge in [-0.15, -0.1) is 10.2 Å². The highest BCUT2D eigenvalue weighted by atomic mass is 15.2. The second-order valence-electron chi connectivity index (χ2n) is 1.48. The molecule has 1 rings (SSSR count). The van der Waals surface area contributed by atoms with E-state index in [1.165, 1.54) is 0 Å². The van der Waals surface area contributed by atoms with E-state index >= 15 is 0 Å². The summed E-state index contributed by atoms with van der Waals surface area (Å²) in [6, 6.07) is 0. The molecule has 0 aliphatic rings. The lowest BCUT2D eigenvalue weighted by atomic mass is 10.6. The maximum Gasteiger partial charge on any atom is 0.159 e. The second kappa shape index (κ2) is 5.41. The molecule has 0 aliphatic carbocycles. The molecule has 0 aromatic carbocycles. The van der Waals surface area contributed by atoms with Crippen molar-refractivity contribution < 1.29 is 0 Å². The van der Waals surface area contributed by atoms with Crippen LogP contribution in [0.5, 0.6) is 0 Å². The summed E-state index contributed by atoms with van der Waals surface area (Å²) in [5.74, 6) is 0.713. The van der Waals surface area contributed by atoms with Gasteiger partial charge in [-0.2, -0.15) is 0 Å². The van der Waals surface area contributed by atoms with Crippen molar-refractivity contribution >= 4 is 12.3 Å². The SMILES string of the molecule is C=Cc1nncn1C=C.CC. The topological polar surface area (TPSA) is 30.7 Å². The van der Waals surface area contributed by atoms with Crippen LogP contribution in [0.25, 0.3) is 12.3 Å². The van der Waals surface area contributed by atoms with E-state index in [1.54, 1.807) is 23.2 Å². The van der Waals surface area contributed by atoms with Gasteiger partial charge in [-0.05, 0) is 6.08 Å². The molecule has 1 heterocycles. The zero-order valence-electron chi connectivity index (χ0n) is 6.99. The monoisotopic (exact) mass is 151 g/mol. The van der Waals surface area contributed by atoms with Crippen LogP contribution in [0, 0.1) is 0 Å². The largest absolute Gasteiger partial charge is 0.290 e. The van der Waals surface area contributed by atoms with Gasteiger partial charge < -0.3 is 0 Å². The van der Waals surface area contributed by atoms with Crippen molar-refractivity contribution in [1.29, 1.82) is 0 Å². The van der Waals surface area contributed by atoms with E-state index in [9.17, 15) is 0 Å². The number of hydrogen-bond donors (Lipinski definition) is 0. The lowest BCUT2D eigenvalue weighted by Crippen LogP contribution is -1.85. The van der Waals surface area contributed by atoms with E-state index in [2.05, 4.69) is 23.4 Å². The molecule has 0 spiro atoms. The number of nitrogens with zero attached hydrogens (tertiary/aromatic N) is 3. The highest BCUT2D eigenvalue weighted by Crippen LogP contribution is 1.94. The fourth-order valence-corrected chi connectivity index (χ4v) is 0.538. The first-order valence-electron chi connectivity index (χ1n) is 3.53. The molecule has 0 saturated heterocycles. The van der Waals surface area contributed by atoms with Crippen LogP contribution in [0.4, 0.5) is 0 Å². The smallest absolute Gasteiger partial charge is 0.159 e. The molecule has 0 saturated carbocycles. The van der Waals surface area contributed by atoms with Crippen molar-refractivity contribution in [3.8, 4) is 0 Å². The van der Waals surface area contributed by atoms with Crippen LogP contribution in [-0.2, 0) is 0 Å². The molecule has 0 atom stereocenters. The average molecular weight is 151 g/mol. The number of aromatic nitrogens is 3. The lowest BCUT2D eigenvalue weighted by molar-refractivity contribution is 1.08. The fraction of sp³-hybridized carbons (Fsp3) is 0.250. The third kappa shape index (κ3) is 2.37. The minimum absolute atomic E-state index is 0.713. The Hall–Kier alpha value is -1.38. The molecular weight excluding hydrogens is 138 g/mol. The fourth-order valence-electron chi connectivity index (χ4n) is 0.538. The van der Waals surface area contributed by atoms with E-state index in [-0.39, 0.29) is 0 Å². The Labute approximate surface area is 67.1 Å². The Kier molecular flexibility index (Phi) is 4.73. The highest BCUT2D eigenvalue weighted by Gasteiger charge is 1.91. The zero-order valence-corrected chi connectivity index (χ0v) is 6.99. The van der Waals surface area contributed by atoms with E-state index in [1.807, 2.05) is 13.8 Å². The van der Waals surface area contributed by atoms with Gasteiger partial charge in [-0.3, -0.25) is 4.57 Å². The van der Waals surface area contributed by atoms with Crippen LogP contribution in [-0.4, -0.2) is 14.8 Å². The minimum Gasteiger partial charge on any atom is -0.290 e. The summed E-state index contributed by atoms with van der Waals surface area (Å²) in [4.78, 5) is 0. The molecule has 0 fully saturated rings. The van der Waals surface area contributed by atoms with Crippen LogP contribution < -0.4 is 0 Å². The predicted molar refractivity (Wildman–Crippen MR) is 47.8 cm³/mol. The third-order valence-electron chi connectivity index (χ3n) is 0.980. The van der Waals surface area contributed by atoms with Gasteiger partial charge in [-0.1, -0.05) is 27.0 Å². The first-order chi connectivity index (χ1) is 5.38. The van der Waals surface area contributed by atoms with Crippen molar-refractivity contribution in [3.63, 3.8) is 0 Å². The lowest BCUT2D eigenvalue weighted by Gasteiger charge is -1.89. The molecule has 3 nitrogen and oxygen atoms in total. The quantitative estimate of drug-likeness (QED) is 0.647. The van der Waals surface area contributed by atoms with Crippen LogP contribution in [0.1, 0.15) is 19.7 Å². The maximum atomic E-state index is 3.73. The molecule has 1 aromatic rings. The van der Waals surface area contributed by atoms with Crippen molar-refractivity contribution in [3.05, 3.63) is 25.3 Å². The van der Waals surface area contributed by atoms with Crippen LogP contribution >= 0.6 is 0 Å². The molecule has 0 unspecified atom stereocenters. The molecule has 0 amide bonds.